The van der Waals surface area contributed by atoms with E-state index in [2.05, 4.69) is 4.90 Å². The van der Waals surface area contributed by atoms with Crippen molar-refractivity contribution in [2.75, 3.05) is 27.2 Å². The van der Waals surface area contributed by atoms with E-state index in [0.29, 0.717) is 12.5 Å². The topological polar surface area (TPSA) is 32.7 Å². The summed E-state index contributed by atoms with van der Waals surface area (Å²) >= 11 is 0. The molecule has 1 N–H and O–H groups in total. The fourth-order valence-corrected chi connectivity index (χ4v) is 3.51. The van der Waals surface area contributed by atoms with Gasteiger partial charge in [0.2, 0.25) is 0 Å². The van der Waals surface area contributed by atoms with Gasteiger partial charge in [-0.2, -0.15) is 0 Å². The lowest BCUT2D eigenvalue weighted by Crippen LogP contribution is -2.45. The standard InChI is InChI=1S/C21H27NO2/c1-22(2)15-19(16-24-20-11-7-4-8-12-20)21(23,18-13-14-18)17-9-5-3-6-10-17/h3-12,18-19,23H,13-16H2,1-2H3. The summed E-state index contributed by atoms with van der Waals surface area (Å²) in [5, 5.41) is 11.7. The van der Waals surface area contributed by atoms with Gasteiger partial charge >= 0.3 is 0 Å². The highest BCUT2D eigenvalue weighted by atomic mass is 16.5. The van der Waals surface area contributed by atoms with Gasteiger partial charge in [0.05, 0.1) is 12.2 Å². The SMILES string of the molecule is CN(C)CC(COc1ccccc1)C(O)(c1ccccc1)C1CC1. The molecule has 0 spiro atoms. The second kappa shape index (κ2) is 7.37. The maximum absolute atomic E-state index is 11.7. The van der Waals surface area contributed by atoms with Gasteiger partial charge < -0.3 is 14.7 Å². The minimum atomic E-state index is -0.833. The van der Waals surface area contributed by atoms with Gasteiger partial charge in [-0.1, -0.05) is 48.5 Å². The monoisotopic (exact) mass is 325 g/mol. The van der Waals surface area contributed by atoms with Gasteiger partial charge in [-0.05, 0) is 50.6 Å². The van der Waals surface area contributed by atoms with E-state index in [1.165, 1.54) is 0 Å². The lowest BCUT2D eigenvalue weighted by atomic mass is 9.77. The van der Waals surface area contributed by atoms with E-state index in [9.17, 15) is 5.11 Å². The minimum Gasteiger partial charge on any atom is -0.493 e. The first-order chi connectivity index (χ1) is 11.6. The Labute approximate surface area is 144 Å². The predicted octanol–water partition coefficient (Wildman–Crippen LogP) is 3.54. The Hall–Kier alpha value is -1.84. The second-order valence-electron chi connectivity index (χ2n) is 7.05. The molecule has 2 aromatic carbocycles. The Bertz CT molecular complexity index is 625. The van der Waals surface area contributed by atoms with Crippen LogP contribution in [0.1, 0.15) is 18.4 Å². The van der Waals surface area contributed by atoms with E-state index in [-0.39, 0.29) is 5.92 Å². The molecule has 3 nitrogen and oxygen atoms in total. The third-order valence-corrected chi connectivity index (χ3v) is 4.84. The van der Waals surface area contributed by atoms with Gasteiger partial charge in [-0.15, -0.1) is 0 Å². The lowest BCUT2D eigenvalue weighted by Gasteiger charge is -2.38. The molecule has 2 unspecified atom stereocenters. The van der Waals surface area contributed by atoms with Gasteiger partial charge in [0.1, 0.15) is 5.75 Å². The van der Waals surface area contributed by atoms with Crippen LogP contribution in [0.2, 0.25) is 0 Å². The molecule has 0 radical (unpaired) electrons. The summed E-state index contributed by atoms with van der Waals surface area (Å²) in [6, 6.07) is 20.0. The summed E-state index contributed by atoms with van der Waals surface area (Å²) in [4.78, 5) is 2.13. The molecule has 0 aliphatic heterocycles. The van der Waals surface area contributed by atoms with Gasteiger partial charge in [0, 0.05) is 12.5 Å². The molecular formula is C21H27NO2. The molecule has 24 heavy (non-hydrogen) atoms. The van der Waals surface area contributed by atoms with Crippen LogP contribution in [0, 0.1) is 11.8 Å². The number of para-hydroxylation sites is 1. The molecule has 3 heteroatoms. The van der Waals surface area contributed by atoms with Crippen molar-refractivity contribution in [3.05, 3.63) is 66.2 Å². The normalized spacial score (nSPS) is 18.2. The van der Waals surface area contributed by atoms with Crippen LogP contribution < -0.4 is 4.74 Å². The van der Waals surface area contributed by atoms with Gasteiger partial charge in [0.25, 0.3) is 0 Å². The maximum Gasteiger partial charge on any atom is 0.119 e. The van der Waals surface area contributed by atoms with Crippen LogP contribution in [0.4, 0.5) is 0 Å². The van der Waals surface area contributed by atoms with Gasteiger partial charge in [-0.3, -0.25) is 0 Å². The molecule has 128 valence electrons. The largest absolute Gasteiger partial charge is 0.493 e. The van der Waals surface area contributed by atoms with Crippen LogP contribution in [-0.4, -0.2) is 37.3 Å². The Morgan fingerprint density at radius 2 is 1.62 bits per heavy atom. The summed E-state index contributed by atoms with van der Waals surface area (Å²) in [7, 11) is 4.10. The van der Waals surface area contributed by atoms with Gasteiger partial charge in [-0.25, -0.2) is 0 Å². The van der Waals surface area contributed by atoms with Crippen molar-refractivity contribution in [2.24, 2.45) is 11.8 Å². The third kappa shape index (κ3) is 3.80. The van der Waals surface area contributed by atoms with Crippen molar-refractivity contribution in [2.45, 2.75) is 18.4 Å². The zero-order valence-corrected chi connectivity index (χ0v) is 14.6. The van der Waals surface area contributed by atoms with Crippen LogP contribution in [0.3, 0.4) is 0 Å². The molecule has 2 atom stereocenters. The molecule has 2 aromatic rings. The van der Waals surface area contributed by atoms with Crippen molar-refractivity contribution in [1.29, 1.82) is 0 Å². The summed E-state index contributed by atoms with van der Waals surface area (Å²) in [6.07, 6.45) is 2.17. The zero-order chi connectivity index (χ0) is 17.0. The van der Waals surface area contributed by atoms with E-state index in [1.807, 2.05) is 74.8 Å². The van der Waals surface area contributed by atoms with Gasteiger partial charge in [0.15, 0.2) is 0 Å². The molecule has 1 saturated carbocycles. The third-order valence-electron chi connectivity index (χ3n) is 4.84. The summed E-state index contributed by atoms with van der Waals surface area (Å²) in [5.74, 6) is 1.19. The number of ether oxygens (including phenoxy) is 1. The first-order valence-electron chi connectivity index (χ1n) is 8.71. The van der Waals surface area contributed by atoms with E-state index in [4.69, 9.17) is 4.74 Å². The zero-order valence-electron chi connectivity index (χ0n) is 14.6. The number of benzene rings is 2. The molecule has 0 heterocycles. The molecule has 3 rings (SSSR count). The van der Waals surface area contributed by atoms with Crippen molar-refractivity contribution in [3.63, 3.8) is 0 Å². The van der Waals surface area contributed by atoms with E-state index < -0.39 is 5.60 Å². The van der Waals surface area contributed by atoms with Crippen molar-refractivity contribution < 1.29 is 9.84 Å². The van der Waals surface area contributed by atoms with Crippen LogP contribution in [0.15, 0.2) is 60.7 Å². The van der Waals surface area contributed by atoms with Crippen LogP contribution in [-0.2, 0) is 5.60 Å². The Balaban J connectivity index is 1.84. The number of nitrogens with zero attached hydrogens (tertiary/aromatic N) is 1. The Morgan fingerprint density at radius 3 is 2.17 bits per heavy atom. The molecule has 0 aromatic heterocycles. The molecule has 0 amide bonds. The van der Waals surface area contributed by atoms with Crippen LogP contribution >= 0.6 is 0 Å². The highest BCUT2D eigenvalue weighted by molar-refractivity contribution is 5.27. The van der Waals surface area contributed by atoms with Crippen LogP contribution in [0.25, 0.3) is 0 Å². The number of hydrogen-bond donors (Lipinski definition) is 1. The van der Waals surface area contributed by atoms with Crippen LogP contribution in [0.5, 0.6) is 5.75 Å². The molecule has 0 saturated heterocycles. The average Bonchev–Trinajstić information content (AvgIpc) is 3.45. The second-order valence-corrected chi connectivity index (χ2v) is 7.05. The van der Waals surface area contributed by atoms with E-state index in [1.54, 1.807) is 0 Å². The van der Waals surface area contributed by atoms with E-state index >= 15 is 0 Å². The molecular weight excluding hydrogens is 298 g/mol. The smallest absolute Gasteiger partial charge is 0.119 e. The average molecular weight is 325 g/mol. The van der Waals surface area contributed by atoms with E-state index in [0.717, 1.165) is 30.7 Å². The molecule has 0 bridgehead atoms. The molecule has 1 aliphatic carbocycles. The van der Waals surface area contributed by atoms with Crippen molar-refractivity contribution in [1.82, 2.24) is 4.90 Å². The number of rotatable bonds is 8. The molecule has 1 aliphatic rings. The first-order valence-corrected chi connectivity index (χ1v) is 8.71. The minimum absolute atomic E-state index is 0.0163. The molecule has 1 fully saturated rings. The summed E-state index contributed by atoms with van der Waals surface area (Å²) in [6.45, 7) is 1.29. The quantitative estimate of drug-likeness (QED) is 0.806. The number of hydrogen-bond acceptors (Lipinski definition) is 3. The van der Waals surface area contributed by atoms with Crippen molar-refractivity contribution in [3.8, 4) is 5.75 Å². The maximum atomic E-state index is 11.7. The Kier molecular flexibility index (Phi) is 5.22. The number of aliphatic hydroxyl groups is 1. The highest BCUT2D eigenvalue weighted by Gasteiger charge is 2.50. The lowest BCUT2D eigenvalue weighted by molar-refractivity contribution is -0.0681. The predicted molar refractivity (Wildman–Crippen MR) is 97.0 cm³/mol. The summed E-state index contributed by atoms with van der Waals surface area (Å²) in [5.41, 5.74) is 0.177. The fraction of sp³-hybridized carbons (Fsp3) is 0.429. The highest BCUT2D eigenvalue weighted by Crippen LogP contribution is 2.50. The summed E-state index contributed by atoms with van der Waals surface area (Å²) < 4.78 is 6.03. The Morgan fingerprint density at radius 1 is 1.04 bits per heavy atom. The van der Waals surface area contributed by atoms with Crippen molar-refractivity contribution >= 4 is 0 Å². The fourth-order valence-electron chi connectivity index (χ4n) is 3.51. The first kappa shape index (κ1) is 17.0.